The number of guanidine groups is 1. The second-order valence-electron chi connectivity index (χ2n) is 6.76. The number of morpholine rings is 1. The Hall–Kier alpha value is -2.60. The van der Waals surface area contributed by atoms with Crippen LogP contribution in [0.1, 0.15) is 30.5 Å². The first kappa shape index (κ1) is 20.1. The molecule has 0 atom stereocenters. The van der Waals surface area contributed by atoms with Gasteiger partial charge in [-0.3, -0.25) is 0 Å². The second kappa shape index (κ2) is 10.7. The smallest absolute Gasteiger partial charge is 0.191 e. The summed E-state index contributed by atoms with van der Waals surface area (Å²) in [6, 6.07) is 12.6. The van der Waals surface area contributed by atoms with Crippen LogP contribution in [0.25, 0.3) is 0 Å². The fourth-order valence-corrected chi connectivity index (χ4v) is 3.37. The standard InChI is InChI=1S/C22H31N5O/c1-3-18-8-5-6-9-19(18)16-25-22(23-4-2)26-17-20-10-7-11-24-21(20)27-12-14-28-15-13-27/h5-11H,3-4,12-17H2,1-2H3,(H2,23,25,26). The Bertz CT molecular complexity index is 771. The van der Waals surface area contributed by atoms with E-state index in [4.69, 9.17) is 9.73 Å². The summed E-state index contributed by atoms with van der Waals surface area (Å²) in [7, 11) is 0. The van der Waals surface area contributed by atoms with Crippen LogP contribution in [0, 0.1) is 0 Å². The summed E-state index contributed by atoms with van der Waals surface area (Å²) >= 11 is 0. The summed E-state index contributed by atoms with van der Waals surface area (Å²) in [5.41, 5.74) is 3.81. The van der Waals surface area contributed by atoms with Gasteiger partial charge < -0.3 is 20.3 Å². The summed E-state index contributed by atoms with van der Waals surface area (Å²) in [5, 5.41) is 6.81. The number of aliphatic imine (C=N–C) groups is 1. The van der Waals surface area contributed by atoms with E-state index in [1.165, 1.54) is 11.1 Å². The molecule has 28 heavy (non-hydrogen) atoms. The largest absolute Gasteiger partial charge is 0.378 e. The van der Waals surface area contributed by atoms with Gasteiger partial charge in [-0.2, -0.15) is 0 Å². The van der Waals surface area contributed by atoms with Gasteiger partial charge in [-0.1, -0.05) is 37.3 Å². The Morgan fingerprint density at radius 3 is 2.54 bits per heavy atom. The number of ether oxygens (including phenoxy) is 1. The van der Waals surface area contributed by atoms with E-state index < -0.39 is 0 Å². The molecule has 1 aliphatic rings. The molecule has 0 radical (unpaired) electrons. The molecule has 0 unspecified atom stereocenters. The van der Waals surface area contributed by atoms with Crippen molar-refractivity contribution in [3.8, 4) is 0 Å². The second-order valence-corrected chi connectivity index (χ2v) is 6.76. The van der Waals surface area contributed by atoms with Crippen LogP contribution in [0.3, 0.4) is 0 Å². The van der Waals surface area contributed by atoms with Crippen LogP contribution in [0.5, 0.6) is 0 Å². The summed E-state index contributed by atoms with van der Waals surface area (Å²) in [5.74, 6) is 1.84. The molecule has 2 aromatic rings. The fourth-order valence-electron chi connectivity index (χ4n) is 3.37. The molecule has 6 nitrogen and oxygen atoms in total. The molecule has 6 heteroatoms. The van der Waals surface area contributed by atoms with Crippen molar-refractivity contribution in [2.75, 3.05) is 37.7 Å². The Labute approximate surface area is 168 Å². The van der Waals surface area contributed by atoms with Crippen LogP contribution in [0.2, 0.25) is 0 Å². The van der Waals surface area contributed by atoms with E-state index in [9.17, 15) is 0 Å². The molecule has 0 spiro atoms. The number of nitrogens with zero attached hydrogens (tertiary/aromatic N) is 3. The van der Waals surface area contributed by atoms with Gasteiger partial charge in [-0.25, -0.2) is 9.98 Å². The molecule has 0 bridgehead atoms. The average molecular weight is 382 g/mol. The summed E-state index contributed by atoms with van der Waals surface area (Å²) in [4.78, 5) is 11.7. The summed E-state index contributed by atoms with van der Waals surface area (Å²) in [6.07, 6.45) is 2.88. The number of rotatable bonds is 7. The minimum atomic E-state index is 0.589. The van der Waals surface area contributed by atoms with Crippen molar-refractivity contribution in [1.29, 1.82) is 0 Å². The first-order chi connectivity index (χ1) is 13.8. The summed E-state index contributed by atoms with van der Waals surface area (Å²) in [6.45, 7) is 9.70. The lowest BCUT2D eigenvalue weighted by Gasteiger charge is -2.29. The molecule has 1 aromatic heterocycles. The zero-order valence-electron chi connectivity index (χ0n) is 16.9. The monoisotopic (exact) mass is 381 g/mol. The van der Waals surface area contributed by atoms with Gasteiger partial charge >= 0.3 is 0 Å². The highest BCUT2D eigenvalue weighted by atomic mass is 16.5. The molecular weight excluding hydrogens is 350 g/mol. The van der Waals surface area contributed by atoms with Crippen LogP contribution in [-0.2, 0) is 24.2 Å². The van der Waals surface area contributed by atoms with Crippen LogP contribution >= 0.6 is 0 Å². The Morgan fingerprint density at radius 1 is 1.04 bits per heavy atom. The van der Waals surface area contributed by atoms with Gasteiger partial charge in [0.1, 0.15) is 5.82 Å². The van der Waals surface area contributed by atoms with Crippen LogP contribution in [-0.4, -0.2) is 43.8 Å². The highest BCUT2D eigenvalue weighted by Crippen LogP contribution is 2.19. The number of pyridine rings is 1. The Kier molecular flexibility index (Phi) is 7.67. The molecule has 150 valence electrons. The number of hydrogen-bond acceptors (Lipinski definition) is 4. The first-order valence-electron chi connectivity index (χ1n) is 10.2. The van der Waals surface area contributed by atoms with E-state index in [0.29, 0.717) is 6.54 Å². The zero-order chi connectivity index (χ0) is 19.6. The molecule has 0 aliphatic carbocycles. The van der Waals surface area contributed by atoms with Crippen molar-refractivity contribution in [2.24, 2.45) is 4.99 Å². The third-order valence-corrected chi connectivity index (χ3v) is 4.88. The molecule has 1 saturated heterocycles. The number of aromatic nitrogens is 1. The predicted octanol–water partition coefficient (Wildman–Crippen LogP) is 2.74. The topological polar surface area (TPSA) is 61.8 Å². The van der Waals surface area contributed by atoms with E-state index in [1.54, 1.807) is 0 Å². The van der Waals surface area contributed by atoms with E-state index >= 15 is 0 Å². The highest BCUT2D eigenvalue weighted by molar-refractivity contribution is 5.79. The first-order valence-corrected chi connectivity index (χ1v) is 10.2. The van der Waals surface area contributed by atoms with Gasteiger partial charge in [0, 0.05) is 37.9 Å². The normalized spacial score (nSPS) is 14.8. The van der Waals surface area contributed by atoms with Crippen molar-refractivity contribution < 1.29 is 4.74 Å². The van der Waals surface area contributed by atoms with Crippen molar-refractivity contribution in [3.63, 3.8) is 0 Å². The third-order valence-electron chi connectivity index (χ3n) is 4.88. The van der Waals surface area contributed by atoms with E-state index in [2.05, 4.69) is 64.7 Å². The van der Waals surface area contributed by atoms with E-state index in [-0.39, 0.29) is 0 Å². The molecule has 3 rings (SSSR count). The molecule has 1 fully saturated rings. The Morgan fingerprint density at radius 2 is 1.79 bits per heavy atom. The molecule has 0 saturated carbocycles. The lowest BCUT2D eigenvalue weighted by Crippen LogP contribution is -2.38. The maximum Gasteiger partial charge on any atom is 0.191 e. The van der Waals surface area contributed by atoms with Crippen LogP contribution in [0.4, 0.5) is 5.82 Å². The molecule has 1 aromatic carbocycles. The van der Waals surface area contributed by atoms with Gasteiger partial charge in [0.15, 0.2) is 5.96 Å². The average Bonchev–Trinajstić information content (AvgIpc) is 2.76. The van der Waals surface area contributed by atoms with Gasteiger partial charge in [-0.05, 0) is 30.5 Å². The molecule has 0 amide bonds. The van der Waals surface area contributed by atoms with E-state index in [0.717, 1.165) is 63.2 Å². The lowest BCUT2D eigenvalue weighted by molar-refractivity contribution is 0.122. The van der Waals surface area contributed by atoms with Crippen molar-refractivity contribution in [3.05, 3.63) is 59.3 Å². The van der Waals surface area contributed by atoms with Crippen molar-refractivity contribution in [1.82, 2.24) is 15.6 Å². The van der Waals surface area contributed by atoms with E-state index in [1.807, 2.05) is 12.3 Å². The van der Waals surface area contributed by atoms with Crippen LogP contribution in [0.15, 0.2) is 47.6 Å². The number of benzene rings is 1. The maximum atomic E-state index is 5.47. The molecule has 2 N–H and O–H groups in total. The van der Waals surface area contributed by atoms with Gasteiger partial charge in [0.25, 0.3) is 0 Å². The van der Waals surface area contributed by atoms with Gasteiger partial charge in [0.05, 0.1) is 19.8 Å². The molecule has 1 aliphatic heterocycles. The molecule has 2 heterocycles. The predicted molar refractivity (Wildman–Crippen MR) is 115 cm³/mol. The fraction of sp³-hybridized carbons (Fsp3) is 0.455. The highest BCUT2D eigenvalue weighted by Gasteiger charge is 2.15. The van der Waals surface area contributed by atoms with Crippen molar-refractivity contribution >= 4 is 11.8 Å². The maximum absolute atomic E-state index is 5.47. The lowest BCUT2D eigenvalue weighted by atomic mass is 10.1. The zero-order valence-corrected chi connectivity index (χ0v) is 16.9. The number of aryl methyl sites for hydroxylation is 1. The summed E-state index contributed by atoms with van der Waals surface area (Å²) < 4.78 is 5.47. The number of nitrogens with one attached hydrogen (secondary N) is 2. The number of hydrogen-bond donors (Lipinski definition) is 2. The SMILES string of the molecule is CCNC(=NCc1cccnc1N1CCOCC1)NCc1ccccc1CC. The molecular formula is C22H31N5O. The minimum absolute atomic E-state index is 0.589. The van der Waals surface area contributed by atoms with Crippen LogP contribution < -0.4 is 15.5 Å². The minimum Gasteiger partial charge on any atom is -0.378 e. The number of anilines is 1. The Balaban J connectivity index is 1.69. The quantitative estimate of drug-likeness (QED) is 0.570. The third kappa shape index (κ3) is 5.45. The van der Waals surface area contributed by atoms with Gasteiger partial charge in [-0.15, -0.1) is 0 Å². The van der Waals surface area contributed by atoms with Gasteiger partial charge in [0.2, 0.25) is 0 Å². The van der Waals surface area contributed by atoms with Crippen molar-refractivity contribution in [2.45, 2.75) is 33.4 Å².